The maximum absolute atomic E-state index is 5.34. The van der Waals surface area contributed by atoms with Gasteiger partial charge in [0.1, 0.15) is 0 Å². The number of ether oxygens (including phenoxy) is 1. The minimum atomic E-state index is 0.419. The molecule has 2 aliphatic rings. The van der Waals surface area contributed by atoms with Crippen LogP contribution in [0.2, 0.25) is 0 Å². The average Bonchev–Trinajstić information content (AvgIpc) is 3.09. The molecule has 1 N–H and O–H groups in total. The lowest BCUT2D eigenvalue weighted by Gasteiger charge is -2.18. The van der Waals surface area contributed by atoms with Crippen LogP contribution in [-0.2, 0) is 11.3 Å². The Morgan fingerprint density at radius 1 is 1.11 bits per heavy atom. The van der Waals surface area contributed by atoms with Crippen molar-refractivity contribution in [2.75, 3.05) is 13.2 Å². The molecular weight excluding hydrogens is 230 g/mol. The predicted octanol–water partition coefficient (Wildman–Crippen LogP) is 2.00. The summed E-state index contributed by atoms with van der Waals surface area (Å²) in [5, 5.41) is 7.60. The molecule has 100 valence electrons. The molecule has 0 atom stereocenters. The second-order valence-electron chi connectivity index (χ2n) is 5.30. The molecule has 0 spiro atoms. The predicted molar refractivity (Wildman–Crippen MR) is 66.2 cm³/mol. The van der Waals surface area contributed by atoms with Crippen molar-refractivity contribution in [1.29, 1.82) is 0 Å². The molecule has 1 aliphatic heterocycles. The Morgan fingerprint density at radius 2 is 1.89 bits per heavy atom. The smallest absolute Gasteiger partial charge is 0.240 e. The third-order valence-electron chi connectivity index (χ3n) is 3.97. The van der Waals surface area contributed by atoms with Gasteiger partial charge in [0.2, 0.25) is 5.89 Å². The average molecular weight is 251 g/mol. The van der Waals surface area contributed by atoms with Gasteiger partial charge in [-0.1, -0.05) is 18.0 Å². The van der Waals surface area contributed by atoms with E-state index in [0.717, 1.165) is 37.8 Å². The molecule has 0 unspecified atom stereocenters. The summed E-state index contributed by atoms with van der Waals surface area (Å²) in [7, 11) is 0. The third-order valence-corrected chi connectivity index (χ3v) is 3.97. The van der Waals surface area contributed by atoms with E-state index in [9.17, 15) is 0 Å². The first-order valence-corrected chi connectivity index (χ1v) is 7.05. The van der Waals surface area contributed by atoms with Crippen molar-refractivity contribution >= 4 is 0 Å². The highest BCUT2D eigenvalue weighted by molar-refractivity contribution is 4.96. The lowest BCUT2D eigenvalue weighted by molar-refractivity contribution is 0.0830. The molecule has 2 fully saturated rings. The first-order valence-electron chi connectivity index (χ1n) is 7.05. The fourth-order valence-corrected chi connectivity index (χ4v) is 2.82. The van der Waals surface area contributed by atoms with Crippen molar-refractivity contribution in [2.24, 2.45) is 0 Å². The Morgan fingerprint density at radius 3 is 2.67 bits per heavy atom. The molecular formula is C13H21N3O2. The van der Waals surface area contributed by atoms with Crippen molar-refractivity contribution in [3.8, 4) is 0 Å². The van der Waals surface area contributed by atoms with E-state index in [1.165, 1.54) is 25.7 Å². The maximum Gasteiger partial charge on any atom is 0.240 e. The maximum atomic E-state index is 5.34. The van der Waals surface area contributed by atoms with Gasteiger partial charge in [0, 0.05) is 25.2 Å². The SMILES string of the molecule is C1CCC(NCc2nc(C3CCOCC3)no2)C1. The zero-order chi connectivity index (χ0) is 12.2. The standard InChI is InChI=1S/C13H21N3O2/c1-2-4-11(3-1)14-9-12-15-13(16-18-12)10-5-7-17-8-6-10/h10-11,14H,1-9H2. The Hall–Kier alpha value is -0.940. The van der Waals surface area contributed by atoms with E-state index in [2.05, 4.69) is 15.5 Å². The van der Waals surface area contributed by atoms with Crippen LogP contribution >= 0.6 is 0 Å². The lowest BCUT2D eigenvalue weighted by Crippen LogP contribution is -2.25. The zero-order valence-electron chi connectivity index (χ0n) is 10.7. The molecule has 5 heteroatoms. The van der Waals surface area contributed by atoms with Crippen LogP contribution in [0, 0.1) is 0 Å². The van der Waals surface area contributed by atoms with Crippen LogP contribution < -0.4 is 5.32 Å². The second kappa shape index (κ2) is 5.80. The van der Waals surface area contributed by atoms with Gasteiger partial charge in [-0.25, -0.2) is 0 Å². The van der Waals surface area contributed by atoms with Gasteiger partial charge in [0.25, 0.3) is 0 Å². The van der Waals surface area contributed by atoms with Crippen molar-refractivity contribution in [1.82, 2.24) is 15.5 Å². The highest BCUT2D eigenvalue weighted by Crippen LogP contribution is 2.24. The van der Waals surface area contributed by atoms with Gasteiger partial charge in [-0.15, -0.1) is 0 Å². The summed E-state index contributed by atoms with van der Waals surface area (Å²) in [6.07, 6.45) is 7.26. The molecule has 1 aromatic rings. The van der Waals surface area contributed by atoms with Crippen LogP contribution in [0.1, 0.15) is 56.2 Å². The Kier molecular flexibility index (Phi) is 3.90. The topological polar surface area (TPSA) is 60.2 Å². The van der Waals surface area contributed by atoms with Crippen LogP contribution in [0.4, 0.5) is 0 Å². The number of nitrogens with zero attached hydrogens (tertiary/aromatic N) is 2. The molecule has 5 nitrogen and oxygen atoms in total. The van der Waals surface area contributed by atoms with E-state index in [4.69, 9.17) is 9.26 Å². The largest absolute Gasteiger partial charge is 0.381 e. The Bertz CT molecular complexity index is 368. The summed E-state index contributed by atoms with van der Waals surface area (Å²) in [6, 6.07) is 0.642. The van der Waals surface area contributed by atoms with Gasteiger partial charge in [0.05, 0.1) is 6.54 Å². The third kappa shape index (κ3) is 2.90. The van der Waals surface area contributed by atoms with Crippen molar-refractivity contribution in [2.45, 2.75) is 57.0 Å². The highest BCUT2D eigenvalue weighted by Gasteiger charge is 2.21. The fourth-order valence-electron chi connectivity index (χ4n) is 2.82. The fraction of sp³-hybridized carbons (Fsp3) is 0.846. The zero-order valence-corrected chi connectivity index (χ0v) is 10.7. The van der Waals surface area contributed by atoms with Crippen molar-refractivity contribution in [3.63, 3.8) is 0 Å². The van der Waals surface area contributed by atoms with Crippen LogP contribution in [-0.4, -0.2) is 29.4 Å². The molecule has 0 radical (unpaired) electrons. The number of nitrogens with one attached hydrogen (secondary N) is 1. The first-order chi connectivity index (χ1) is 8.92. The molecule has 18 heavy (non-hydrogen) atoms. The summed E-state index contributed by atoms with van der Waals surface area (Å²) < 4.78 is 10.7. The molecule has 0 amide bonds. The van der Waals surface area contributed by atoms with E-state index in [0.29, 0.717) is 18.5 Å². The molecule has 0 aromatic carbocycles. The van der Waals surface area contributed by atoms with E-state index >= 15 is 0 Å². The van der Waals surface area contributed by atoms with E-state index in [1.54, 1.807) is 0 Å². The second-order valence-corrected chi connectivity index (χ2v) is 5.30. The van der Waals surface area contributed by atoms with Crippen LogP contribution in [0.5, 0.6) is 0 Å². The lowest BCUT2D eigenvalue weighted by atomic mass is 10.00. The molecule has 1 aromatic heterocycles. The van der Waals surface area contributed by atoms with Crippen LogP contribution in [0.3, 0.4) is 0 Å². The van der Waals surface area contributed by atoms with E-state index in [-0.39, 0.29) is 0 Å². The minimum Gasteiger partial charge on any atom is -0.381 e. The molecule has 1 aliphatic carbocycles. The number of rotatable bonds is 4. The minimum absolute atomic E-state index is 0.419. The monoisotopic (exact) mass is 251 g/mol. The van der Waals surface area contributed by atoms with Gasteiger partial charge >= 0.3 is 0 Å². The van der Waals surface area contributed by atoms with Gasteiger partial charge in [-0.05, 0) is 25.7 Å². The first kappa shape index (κ1) is 12.1. The number of hydrogen-bond donors (Lipinski definition) is 1. The highest BCUT2D eigenvalue weighted by atomic mass is 16.5. The molecule has 1 saturated heterocycles. The van der Waals surface area contributed by atoms with Crippen molar-refractivity contribution < 1.29 is 9.26 Å². The molecule has 0 bridgehead atoms. The van der Waals surface area contributed by atoms with Crippen molar-refractivity contribution in [3.05, 3.63) is 11.7 Å². The van der Waals surface area contributed by atoms with E-state index in [1.807, 2.05) is 0 Å². The van der Waals surface area contributed by atoms with Gasteiger partial charge in [-0.3, -0.25) is 0 Å². The van der Waals surface area contributed by atoms with Gasteiger partial charge < -0.3 is 14.6 Å². The Labute approximate surface area is 107 Å². The number of hydrogen-bond acceptors (Lipinski definition) is 5. The summed E-state index contributed by atoms with van der Waals surface area (Å²) in [5.41, 5.74) is 0. The molecule has 1 saturated carbocycles. The van der Waals surface area contributed by atoms with Crippen LogP contribution in [0.25, 0.3) is 0 Å². The normalized spacial score (nSPS) is 22.7. The van der Waals surface area contributed by atoms with Gasteiger partial charge in [-0.2, -0.15) is 4.98 Å². The Balaban J connectivity index is 1.52. The molecule has 3 rings (SSSR count). The van der Waals surface area contributed by atoms with Gasteiger partial charge in [0.15, 0.2) is 5.82 Å². The summed E-state index contributed by atoms with van der Waals surface area (Å²) in [6.45, 7) is 2.34. The molecule has 2 heterocycles. The summed E-state index contributed by atoms with van der Waals surface area (Å²) >= 11 is 0. The van der Waals surface area contributed by atoms with Crippen LogP contribution in [0.15, 0.2) is 4.52 Å². The summed E-state index contributed by atoms with van der Waals surface area (Å²) in [5.74, 6) is 2.01. The summed E-state index contributed by atoms with van der Waals surface area (Å²) in [4.78, 5) is 4.50. The number of aromatic nitrogens is 2. The van der Waals surface area contributed by atoms with E-state index < -0.39 is 0 Å². The quantitative estimate of drug-likeness (QED) is 0.886.